The van der Waals surface area contributed by atoms with E-state index in [4.69, 9.17) is 4.74 Å². The molecule has 0 saturated heterocycles. The predicted molar refractivity (Wildman–Crippen MR) is 112 cm³/mol. The van der Waals surface area contributed by atoms with Crippen LogP contribution in [0.3, 0.4) is 0 Å². The third-order valence-electron chi connectivity index (χ3n) is 3.40. The van der Waals surface area contributed by atoms with Gasteiger partial charge >= 0.3 is 0 Å². The van der Waals surface area contributed by atoms with Gasteiger partial charge in [0.1, 0.15) is 0 Å². The molecular weight excluding hydrogens is 378 g/mol. The van der Waals surface area contributed by atoms with Gasteiger partial charge in [-0.2, -0.15) is 0 Å². The molecule has 8 heteroatoms. The van der Waals surface area contributed by atoms with Gasteiger partial charge in [0.05, 0.1) is 36.2 Å². The smallest absolute Gasteiger partial charge is 0.240 e. The van der Waals surface area contributed by atoms with Crippen LogP contribution in [0.25, 0.3) is 0 Å². The van der Waals surface area contributed by atoms with Crippen LogP contribution >= 0.6 is 0 Å². The zero-order valence-electron chi connectivity index (χ0n) is 16.3. The Morgan fingerprint density at radius 2 is 1.89 bits per heavy atom. The molecule has 0 aliphatic carbocycles. The van der Waals surface area contributed by atoms with Crippen molar-refractivity contribution in [2.75, 3.05) is 13.7 Å². The maximum atomic E-state index is 12.4. The molecule has 1 N–H and O–H groups in total. The fourth-order valence-corrected chi connectivity index (χ4v) is 2.96. The summed E-state index contributed by atoms with van der Waals surface area (Å²) in [5.41, 5.74) is 1.52. The Hall–Kier alpha value is -2.84. The number of methoxy groups -OCH3 is 1. The van der Waals surface area contributed by atoms with Crippen LogP contribution in [0, 0.1) is 0 Å². The monoisotopic (exact) mass is 403 g/mol. The van der Waals surface area contributed by atoms with Crippen LogP contribution in [0.5, 0.6) is 0 Å². The quantitative estimate of drug-likeness (QED) is 0.348. The number of ether oxygens (including phenoxy) is 1. The largest absolute Gasteiger partial charge is 0.504 e. The standard InChI is InChI=1S/C20H25N3O4S/c1-6-12-21-16(3)20(11-13-27-5)23-15(2)14-22-28(25,26)19-9-7-18(8-10-19)17(4)24/h7-13,22H,2-3,6,14H2,1,4-5H3/b13-11+,21-12?,23-20?. The molecule has 0 unspecified atom stereocenters. The van der Waals surface area contributed by atoms with Gasteiger partial charge in [-0.15, -0.1) is 0 Å². The fraction of sp³-hybridized carbons (Fsp3) is 0.250. The topological polar surface area (TPSA) is 97.2 Å². The summed E-state index contributed by atoms with van der Waals surface area (Å²) in [5, 5.41) is 0. The molecule has 0 atom stereocenters. The van der Waals surface area contributed by atoms with Gasteiger partial charge in [0.15, 0.2) is 5.78 Å². The highest BCUT2D eigenvalue weighted by atomic mass is 32.2. The Balaban J connectivity index is 2.90. The first-order valence-corrected chi connectivity index (χ1v) is 9.97. The number of Topliss-reactive ketones (excluding diaryl/α,β-unsaturated/α-hetero) is 1. The number of hydrogen-bond acceptors (Lipinski definition) is 6. The number of nitrogens with zero attached hydrogens (tertiary/aromatic N) is 2. The van der Waals surface area contributed by atoms with Crippen LogP contribution in [0.15, 0.2) is 76.0 Å². The van der Waals surface area contributed by atoms with Gasteiger partial charge in [0.25, 0.3) is 0 Å². The van der Waals surface area contributed by atoms with Crippen LogP contribution in [-0.4, -0.2) is 39.8 Å². The summed E-state index contributed by atoms with van der Waals surface area (Å²) in [6.07, 6.45) is 5.41. The van der Waals surface area contributed by atoms with Crippen molar-refractivity contribution in [3.8, 4) is 0 Å². The molecule has 0 radical (unpaired) electrons. The van der Waals surface area contributed by atoms with Gasteiger partial charge in [0.2, 0.25) is 10.0 Å². The van der Waals surface area contributed by atoms with Crippen molar-refractivity contribution >= 4 is 27.7 Å². The molecule has 7 nitrogen and oxygen atoms in total. The van der Waals surface area contributed by atoms with E-state index < -0.39 is 10.0 Å². The van der Waals surface area contributed by atoms with Crippen LogP contribution in [0.1, 0.15) is 30.6 Å². The zero-order chi connectivity index (χ0) is 21.2. The summed E-state index contributed by atoms with van der Waals surface area (Å²) >= 11 is 0. The summed E-state index contributed by atoms with van der Waals surface area (Å²) < 4.78 is 32.1. The molecule has 0 aliphatic rings. The second kappa shape index (κ2) is 11.1. The highest BCUT2D eigenvalue weighted by Gasteiger charge is 2.14. The van der Waals surface area contributed by atoms with Gasteiger partial charge in [-0.3, -0.25) is 14.8 Å². The first-order valence-electron chi connectivity index (χ1n) is 8.49. The summed E-state index contributed by atoms with van der Waals surface area (Å²) in [5.74, 6) is -0.137. The molecule has 0 spiro atoms. The summed E-state index contributed by atoms with van der Waals surface area (Å²) in [6.45, 7) is 10.9. The fourth-order valence-electron chi connectivity index (χ4n) is 1.94. The normalized spacial score (nSPS) is 12.5. The van der Waals surface area contributed by atoms with Crippen molar-refractivity contribution in [1.82, 2.24) is 4.72 Å². The average Bonchev–Trinajstić information content (AvgIpc) is 2.67. The number of carbonyl (C=O) groups is 1. The third-order valence-corrected chi connectivity index (χ3v) is 4.82. The Morgan fingerprint density at radius 1 is 1.25 bits per heavy atom. The molecular formula is C20H25N3O4S. The molecule has 28 heavy (non-hydrogen) atoms. The third kappa shape index (κ3) is 7.42. The number of carbonyl (C=O) groups excluding carboxylic acids is 1. The summed E-state index contributed by atoms with van der Waals surface area (Å²) in [6, 6.07) is 5.68. The zero-order valence-corrected chi connectivity index (χ0v) is 17.1. The van der Waals surface area contributed by atoms with Crippen LogP contribution in [0.2, 0.25) is 0 Å². The van der Waals surface area contributed by atoms with E-state index >= 15 is 0 Å². The lowest BCUT2D eigenvalue weighted by atomic mass is 10.2. The van der Waals surface area contributed by atoms with Crippen molar-refractivity contribution in [3.63, 3.8) is 0 Å². The average molecular weight is 404 g/mol. The maximum absolute atomic E-state index is 12.4. The lowest BCUT2D eigenvalue weighted by Gasteiger charge is -2.08. The second-order valence-electron chi connectivity index (χ2n) is 5.67. The van der Waals surface area contributed by atoms with Gasteiger partial charge in [-0.25, -0.2) is 13.1 Å². The SMILES string of the molecule is C=C(CNS(=O)(=O)c1ccc(C(C)=O)cc1)N=C(/C=C/OC)C(=C)N=CCC. The second-order valence-corrected chi connectivity index (χ2v) is 7.44. The number of nitrogens with one attached hydrogen (secondary N) is 1. The Labute approximate surface area is 166 Å². The van der Waals surface area contributed by atoms with Crippen molar-refractivity contribution in [1.29, 1.82) is 0 Å². The van der Waals surface area contributed by atoms with Gasteiger partial charge in [0, 0.05) is 23.6 Å². The molecule has 0 amide bonds. The van der Waals surface area contributed by atoms with E-state index in [1.807, 2.05) is 6.92 Å². The van der Waals surface area contributed by atoms with Crippen molar-refractivity contribution in [2.45, 2.75) is 25.2 Å². The maximum Gasteiger partial charge on any atom is 0.240 e. The molecule has 0 aromatic heterocycles. The number of ketones is 1. The lowest BCUT2D eigenvalue weighted by Crippen LogP contribution is -2.25. The van der Waals surface area contributed by atoms with Crippen LogP contribution in [0.4, 0.5) is 0 Å². The first kappa shape index (κ1) is 23.2. The minimum absolute atomic E-state index is 0.0470. The van der Waals surface area contributed by atoms with Gasteiger partial charge in [-0.05, 0) is 25.5 Å². The van der Waals surface area contributed by atoms with E-state index in [2.05, 4.69) is 27.9 Å². The molecule has 150 valence electrons. The number of rotatable bonds is 11. The van der Waals surface area contributed by atoms with E-state index in [1.165, 1.54) is 44.6 Å². The Morgan fingerprint density at radius 3 is 2.43 bits per heavy atom. The number of hydrogen-bond donors (Lipinski definition) is 1. The molecule has 1 aromatic rings. The van der Waals surface area contributed by atoms with Crippen LogP contribution < -0.4 is 4.72 Å². The molecule has 0 fully saturated rings. The number of aliphatic imine (C=N–C) groups is 2. The minimum atomic E-state index is -3.77. The predicted octanol–water partition coefficient (Wildman–Crippen LogP) is 3.28. The Kier molecular flexibility index (Phi) is 9.20. The van der Waals surface area contributed by atoms with Gasteiger partial charge < -0.3 is 4.74 Å². The van der Waals surface area contributed by atoms with E-state index in [1.54, 1.807) is 12.3 Å². The number of allylic oxidation sites excluding steroid dienone is 1. The van der Waals surface area contributed by atoms with Crippen molar-refractivity contribution < 1.29 is 17.9 Å². The molecule has 0 saturated carbocycles. The summed E-state index contributed by atoms with van der Waals surface area (Å²) in [4.78, 5) is 19.8. The van der Waals surface area contributed by atoms with Crippen molar-refractivity contribution in [2.24, 2.45) is 9.98 Å². The molecule has 1 rings (SSSR count). The first-order chi connectivity index (χ1) is 13.2. The van der Waals surface area contributed by atoms with Gasteiger partial charge in [-0.1, -0.05) is 32.2 Å². The highest BCUT2D eigenvalue weighted by molar-refractivity contribution is 7.89. The molecule has 0 heterocycles. The van der Waals surface area contributed by atoms with E-state index in [0.29, 0.717) is 17.0 Å². The molecule has 0 aliphatic heterocycles. The molecule has 0 bridgehead atoms. The lowest BCUT2D eigenvalue weighted by molar-refractivity contribution is 0.101. The van der Waals surface area contributed by atoms with E-state index in [0.717, 1.165) is 6.42 Å². The van der Waals surface area contributed by atoms with Crippen LogP contribution in [-0.2, 0) is 14.8 Å². The Bertz CT molecular complexity index is 911. The van der Waals surface area contributed by atoms with E-state index in [-0.39, 0.29) is 22.9 Å². The number of sulfonamides is 1. The minimum Gasteiger partial charge on any atom is -0.504 e. The summed E-state index contributed by atoms with van der Waals surface area (Å²) in [7, 11) is -2.28. The highest BCUT2D eigenvalue weighted by Crippen LogP contribution is 2.12. The van der Waals surface area contributed by atoms with E-state index in [9.17, 15) is 13.2 Å². The number of benzene rings is 1. The molecule has 1 aromatic carbocycles. The van der Waals surface area contributed by atoms with Crippen molar-refractivity contribution in [3.05, 3.63) is 66.7 Å².